The van der Waals surface area contributed by atoms with Crippen LogP contribution in [0.25, 0.3) is 0 Å². The van der Waals surface area contributed by atoms with Crippen LogP contribution in [0.2, 0.25) is 0 Å². The summed E-state index contributed by atoms with van der Waals surface area (Å²) in [4.78, 5) is 28.5. The summed E-state index contributed by atoms with van der Waals surface area (Å²) in [6.07, 6.45) is 0.665. The number of anilines is 2. The van der Waals surface area contributed by atoms with E-state index in [0.29, 0.717) is 28.7 Å². The highest BCUT2D eigenvalue weighted by atomic mass is 32.2. The number of benzene rings is 2. The van der Waals surface area contributed by atoms with Gasteiger partial charge in [-0.3, -0.25) is 9.59 Å². The maximum atomic E-state index is 13.5. The molecule has 3 aromatic rings. The summed E-state index contributed by atoms with van der Waals surface area (Å²) in [5, 5.41) is 11.6. The van der Waals surface area contributed by atoms with Crippen molar-refractivity contribution in [3.05, 3.63) is 54.1 Å². The minimum Gasteiger partial charge on any atom is -0.497 e. The lowest BCUT2D eigenvalue weighted by molar-refractivity contribution is -0.126. The smallest absolute Gasteiger partial charge is 0.231 e. The Labute approximate surface area is 206 Å². The first-order chi connectivity index (χ1) is 16.5. The molecule has 178 valence electrons. The Morgan fingerprint density at radius 1 is 1.15 bits per heavy atom. The van der Waals surface area contributed by atoms with Gasteiger partial charge in [0.25, 0.3) is 0 Å². The molecule has 34 heavy (non-hydrogen) atoms. The fraction of sp³-hybridized carbons (Fsp3) is 0.333. The number of carbonyl (C=O) groups excluding carboxylic acids is 2. The van der Waals surface area contributed by atoms with Gasteiger partial charge in [0.15, 0.2) is 4.34 Å². The fourth-order valence-electron chi connectivity index (χ4n) is 4.12. The lowest BCUT2D eigenvalue weighted by Gasteiger charge is -2.41. The lowest BCUT2D eigenvalue weighted by atomic mass is 9.82. The third-order valence-corrected chi connectivity index (χ3v) is 7.50. The normalized spacial score (nSPS) is 18.0. The summed E-state index contributed by atoms with van der Waals surface area (Å²) in [6, 6.07) is 14.2. The van der Waals surface area contributed by atoms with Crippen molar-refractivity contribution in [2.45, 2.75) is 30.1 Å². The Bertz CT molecular complexity index is 1150. The Balaban J connectivity index is 1.72. The van der Waals surface area contributed by atoms with Gasteiger partial charge >= 0.3 is 0 Å². The largest absolute Gasteiger partial charge is 0.497 e. The molecule has 1 aliphatic heterocycles. The number of hydrogen-bond acceptors (Lipinski definition) is 8. The van der Waals surface area contributed by atoms with Gasteiger partial charge in [0.1, 0.15) is 11.5 Å². The minimum absolute atomic E-state index is 0.0531. The Morgan fingerprint density at radius 2 is 1.91 bits per heavy atom. The first-order valence-corrected chi connectivity index (χ1v) is 12.7. The SMILES string of the molecule is CCSc1nnc(NC(=O)[C@@H]2CCC(=O)N(c3ccc(OC)cc3)[C@H]2c2ccccc2OC)s1. The number of piperidine rings is 1. The second kappa shape index (κ2) is 10.9. The van der Waals surface area contributed by atoms with Gasteiger partial charge in [-0.05, 0) is 42.5 Å². The Morgan fingerprint density at radius 3 is 2.62 bits per heavy atom. The van der Waals surface area contributed by atoms with Crippen molar-refractivity contribution in [2.75, 3.05) is 30.2 Å². The Hall–Kier alpha value is -3.11. The standard InChI is InChI=1S/C24H26N4O4S2/c1-4-33-24-27-26-23(34-24)25-22(30)18-13-14-20(29)28(15-9-11-16(31-2)12-10-15)21(18)17-7-5-6-8-19(17)32-3/h5-12,18,21H,4,13-14H2,1-3H3,(H,25,26,30)/t18-,21+/m1/s1. The van der Waals surface area contributed by atoms with Gasteiger partial charge in [0.2, 0.25) is 16.9 Å². The molecule has 8 nitrogen and oxygen atoms in total. The van der Waals surface area contributed by atoms with Crippen LogP contribution in [0.5, 0.6) is 11.5 Å². The second-order valence-electron chi connectivity index (χ2n) is 7.59. The van der Waals surface area contributed by atoms with Crippen LogP contribution in [-0.2, 0) is 9.59 Å². The number of para-hydroxylation sites is 1. The average Bonchev–Trinajstić information content (AvgIpc) is 3.30. The highest BCUT2D eigenvalue weighted by Crippen LogP contribution is 2.43. The van der Waals surface area contributed by atoms with E-state index in [9.17, 15) is 9.59 Å². The van der Waals surface area contributed by atoms with Gasteiger partial charge in [-0.15, -0.1) is 10.2 Å². The molecule has 1 aromatic heterocycles. The summed E-state index contributed by atoms with van der Waals surface area (Å²) in [6.45, 7) is 2.04. The van der Waals surface area contributed by atoms with Crippen LogP contribution in [0.1, 0.15) is 31.4 Å². The van der Waals surface area contributed by atoms with Crippen LogP contribution in [0.4, 0.5) is 10.8 Å². The second-order valence-corrected chi connectivity index (χ2v) is 10.1. The molecule has 0 bridgehead atoms. The zero-order valence-corrected chi connectivity index (χ0v) is 20.8. The number of carbonyl (C=O) groups is 2. The summed E-state index contributed by atoms with van der Waals surface area (Å²) in [7, 11) is 3.18. The van der Waals surface area contributed by atoms with E-state index in [2.05, 4.69) is 15.5 Å². The third-order valence-electron chi connectivity index (χ3n) is 5.65. The molecule has 4 rings (SSSR count). The van der Waals surface area contributed by atoms with E-state index in [1.54, 1.807) is 43.0 Å². The van der Waals surface area contributed by atoms with Gasteiger partial charge in [-0.1, -0.05) is 48.2 Å². The van der Waals surface area contributed by atoms with E-state index >= 15 is 0 Å². The number of hydrogen-bond donors (Lipinski definition) is 1. The maximum absolute atomic E-state index is 13.5. The van der Waals surface area contributed by atoms with Crippen LogP contribution in [0.15, 0.2) is 52.9 Å². The van der Waals surface area contributed by atoms with Crippen molar-refractivity contribution in [3.63, 3.8) is 0 Å². The van der Waals surface area contributed by atoms with Gasteiger partial charge < -0.3 is 19.7 Å². The van der Waals surface area contributed by atoms with Crippen LogP contribution in [-0.4, -0.2) is 42.0 Å². The molecule has 2 atom stereocenters. The van der Waals surface area contributed by atoms with Crippen LogP contribution >= 0.6 is 23.1 Å². The lowest BCUT2D eigenvalue weighted by Crippen LogP contribution is -2.47. The van der Waals surface area contributed by atoms with E-state index in [1.807, 2.05) is 43.3 Å². The summed E-state index contributed by atoms with van der Waals surface area (Å²) in [5.41, 5.74) is 1.46. The van der Waals surface area contributed by atoms with Crippen molar-refractivity contribution in [1.82, 2.24) is 10.2 Å². The van der Waals surface area contributed by atoms with E-state index in [4.69, 9.17) is 9.47 Å². The molecule has 2 amide bonds. The van der Waals surface area contributed by atoms with Crippen molar-refractivity contribution in [2.24, 2.45) is 5.92 Å². The van der Waals surface area contributed by atoms with Gasteiger partial charge in [-0.2, -0.15) is 0 Å². The van der Waals surface area contributed by atoms with Crippen molar-refractivity contribution in [1.29, 1.82) is 0 Å². The maximum Gasteiger partial charge on any atom is 0.231 e. The number of methoxy groups -OCH3 is 2. The summed E-state index contributed by atoms with van der Waals surface area (Å²) < 4.78 is 11.7. The number of ether oxygens (including phenoxy) is 2. The average molecular weight is 499 g/mol. The minimum atomic E-state index is -0.553. The molecule has 0 radical (unpaired) electrons. The van der Waals surface area contributed by atoms with Crippen LogP contribution in [0, 0.1) is 5.92 Å². The number of amides is 2. The summed E-state index contributed by atoms with van der Waals surface area (Å²) >= 11 is 2.92. The molecule has 1 N–H and O–H groups in total. The molecule has 1 fully saturated rings. The van der Waals surface area contributed by atoms with Gasteiger partial charge in [-0.25, -0.2) is 0 Å². The molecule has 0 aliphatic carbocycles. The first kappa shape index (κ1) is 24.0. The number of thioether (sulfide) groups is 1. The van der Waals surface area contributed by atoms with Gasteiger partial charge in [0.05, 0.1) is 26.2 Å². The predicted molar refractivity (Wildman–Crippen MR) is 134 cm³/mol. The Kier molecular flexibility index (Phi) is 7.69. The quantitative estimate of drug-likeness (QED) is 0.352. The third kappa shape index (κ3) is 5.02. The zero-order chi connectivity index (χ0) is 24.1. The molecule has 2 aromatic carbocycles. The van der Waals surface area contributed by atoms with Gasteiger partial charge in [0, 0.05) is 17.7 Å². The predicted octanol–water partition coefficient (Wildman–Crippen LogP) is 4.79. The highest BCUT2D eigenvalue weighted by molar-refractivity contribution is 8.01. The molecular weight excluding hydrogens is 472 g/mol. The number of nitrogens with zero attached hydrogens (tertiary/aromatic N) is 3. The molecular formula is C24H26N4O4S2. The molecule has 0 saturated carbocycles. The van der Waals surface area contributed by atoms with Crippen molar-refractivity contribution < 1.29 is 19.1 Å². The molecule has 10 heteroatoms. The number of rotatable bonds is 8. The molecule has 1 saturated heterocycles. The van der Waals surface area contributed by atoms with E-state index < -0.39 is 12.0 Å². The highest BCUT2D eigenvalue weighted by Gasteiger charge is 2.43. The van der Waals surface area contributed by atoms with Crippen molar-refractivity contribution >= 4 is 45.7 Å². The monoisotopic (exact) mass is 498 g/mol. The fourth-order valence-corrected chi connectivity index (χ4v) is 5.77. The van der Waals surface area contributed by atoms with Crippen LogP contribution < -0.4 is 19.7 Å². The topological polar surface area (TPSA) is 93.7 Å². The molecule has 2 heterocycles. The van der Waals surface area contributed by atoms with E-state index in [0.717, 1.165) is 15.7 Å². The summed E-state index contributed by atoms with van der Waals surface area (Å²) in [5.74, 6) is 1.42. The van der Waals surface area contributed by atoms with E-state index in [-0.39, 0.29) is 18.2 Å². The number of nitrogens with one attached hydrogen (secondary N) is 1. The van der Waals surface area contributed by atoms with Crippen LogP contribution in [0.3, 0.4) is 0 Å². The number of aromatic nitrogens is 2. The van der Waals surface area contributed by atoms with E-state index in [1.165, 1.54) is 11.3 Å². The zero-order valence-electron chi connectivity index (χ0n) is 19.2. The molecule has 0 unspecified atom stereocenters. The molecule has 0 spiro atoms. The first-order valence-electron chi connectivity index (χ1n) is 10.9. The van der Waals surface area contributed by atoms with Crippen molar-refractivity contribution in [3.8, 4) is 11.5 Å². The molecule has 1 aliphatic rings.